The number of carbonyl (C=O) groups is 2. The summed E-state index contributed by atoms with van der Waals surface area (Å²) in [7, 11) is 0. The van der Waals surface area contributed by atoms with Gasteiger partial charge in [-0.3, -0.25) is 14.6 Å². The zero-order valence-corrected chi connectivity index (χ0v) is 15.2. The fraction of sp³-hybridized carbons (Fsp3) is 0.381. The van der Waals surface area contributed by atoms with Crippen molar-refractivity contribution in [3.8, 4) is 0 Å². The van der Waals surface area contributed by atoms with Crippen molar-refractivity contribution in [3.63, 3.8) is 0 Å². The zero-order valence-electron chi connectivity index (χ0n) is 15.2. The van der Waals surface area contributed by atoms with Crippen molar-refractivity contribution in [1.82, 2.24) is 15.2 Å². The number of amides is 2. The van der Waals surface area contributed by atoms with Crippen molar-refractivity contribution in [2.75, 3.05) is 13.1 Å². The number of benzene rings is 1. The lowest BCUT2D eigenvalue weighted by Crippen LogP contribution is -2.42. The monoisotopic (exact) mass is 369 g/mol. The molecule has 1 aliphatic heterocycles. The summed E-state index contributed by atoms with van der Waals surface area (Å²) in [6.45, 7) is 0.640. The topological polar surface area (TPSA) is 62.3 Å². The Bertz CT molecular complexity index is 782. The van der Waals surface area contributed by atoms with Gasteiger partial charge < -0.3 is 10.2 Å². The highest BCUT2D eigenvalue weighted by Crippen LogP contribution is 2.29. The van der Waals surface area contributed by atoms with E-state index in [4.69, 9.17) is 0 Å². The van der Waals surface area contributed by atoms with Crippen LogP contribution in [0.2, 0.25) is 0 Å². The van der Waals surface area contributed by atoms with Gasteiger partial charge in [0.2, 0.25) is 11.8 Å². The Labute approximate surface area is 158 Å². The van der Waals surface area contributed by atoms with Gasteiger partial charge in [0, 0.05) is 18.9 Å². The lowest BCUT2D eigenvalue weighted by Gasteiger charge is -2.30. The first-order valence-electron chi connectivity index (χ1n) is 9.34. The number of likely N-dealkylation sites (tertiary alicyclic amines) is 1. The minimum atomic E-state index is -0.374. The van der Waals surface area contributed by atoms with Crippen LogP contribution in [0.25, 0.3) is 0 Å². The van der Waals surface area contributed by atoms with E-state index in [2.05, 4.69) is 10.3 Å². The predicted molar refractivity (Wildman–Crippen MR) is 100 cm³/mol. The molecule has 2 amide bonds. The highest BCUT2D eigenvalue weighted by atomic mass is 19.1. The molecule has 1 aromatic heterocycles. The zero-order chi connectivity index (χ0) is 19.1. The van der Waals surface area contributed by atoms with Gasteiger partial charge in [-0.15, -0.1) is 0 Å². The van der Waals surface area contributed by atoms with Crippen LogP contribution >= 0.6 is 0 Å². The fourth-order valence-corrected chi connectivity index (χ4v) is 3.51. The summed E-state index contributed by atoms with van der Waals surface area (Å²) < 4.78 is 13.2. The summed E-state index contributed by atoms with van der Waals surface area (Å²) in [6.07, 6.45) is 7.57. The fourth-order valence-electron chi connectivity index (χ4n) is 3.51. The molecule has 0 bridgehead atoms. The van der Waals surface area contributed by atoms with Gasteiger partial charge in [0.1, 0.15) is 5.82 Å². The van der Waals surface area contributed by atoms with E-state index < -0.39 is 0 Å². The summed E-state index contributed by atoms with van der Waals surface area (Å²) in [5, 5.41) is 2.68. The Balaban J connectivity index is 1.60. The van der Waals surface area contributed by atoms with Crippen LogP contribution in [-0.4, -0.2) is 34.8 Å². The first kappa shape index (κ1) is 19.0. The summed E-state index contributed by atoms with van der Waals surface area (Å²) in [6, 6.07) is 9.83. The summed E-state index contributed by atoms with van der Waals surface area (Å²) in [5.41, 5.74) is 1.66. The number of rotatable bonds is 5. The molecule has 2 heterocycles. The molecule has 1 atom stereocenters. The van der Waals surface area contributed by atoms with Crippen molar-refractivity contribution in [2.24, 2.45) is 0 Å². The molecular weight excluding hydrogens is 345 g/mol. The summed E-state index contributed by atoms with van der Waals surface area (Å²) >= 11 is 0. The molecule has 1 saturated heterocycles. The highest BCUT2D eigenvalue weighted by Gasteiger charge is 2.26. The second-order valence-electron chi connectivity index (χ2n) is 6.82. The van der Waals surface area contributed by atoms with E-state index in [0.717, 1.165) is 31.2 Å². The third kappa shape index (κ3) is 5.36. The smallest absolute Gasteiger partial charge is 0.242 e. The maximum Gasteiger partial charge on any atom is 0.242 e. The van der Waals surface area contributed by atoms with E-state index in [0.29, 0.717) is 12.1 Å². The second-order valence-corrected chi connectivity index (χ2v) is 6.82. The quantitative estimate of drug-likeness (QED) is 0.881. The van der Waals surface area contributed by atoms with Crippen LogP contribution in [0.5, 0.6) is 0 Å². The van der Waals surface area contributed by atoms with Gasteiger partial charge in [0.25, 0.3) is 0 Å². The third-order valence-electron chi connectivity index (χ3n) is 4.85. The second kappa shape index (κ2) is 9.26. The molecule has 5 nitrogen and oxygen atoms in total. The van der Waals surface area contributed by atoms with Gasteiger partial charge in [-0.2, -0.15) is 0 Å². The molecular formula is C21H24FN3O2. The molecule has 0 spiro atoms. The van der Waals surface area contributed by atoms with E-state index in [-0.39, 0.29) is 36.6 Å². The largest absolute Gasteiger partial charge is 0.347 e. The van der Waals surface area contributed by atoms with E-state index >= 15 is 0 Å². The number of pyridine rings is 1. The van der Waals surface area contributed by atoms with Gasteiger partial charge in [0.15, 0.2) is 0 Å². The van der Waals surface area contributed by atoms with E-state index in [1.54, 1.807) is 24.5 Å². The van der Waals surface area contributed by atoms with Crippen LogP contribution in [-0.2, 0) is 16.0 Å². The van der Waals surface area contributed by atoms with Gasteiger partial charge in [-0.25, -0.2) is 4.39 Å². The maximum absolute atomic E-state index is 13.2. The van der Waals surface area contributed by atoms with Crippen LogP contribution in [0.1, 0.15) is 42.9 Å². The number of nitrogens with one attached hydrogen (secondary N) is 1. The molecule has 2 aromatic rings. The number of hydrogen-bond acceptors (Lipinski definition) is 3. The Morgan fingerprint density at radius 2 is 1.96 bits per heavy atom. The molecule has 6 heteroatoms. The van der Waals surface area contributed by atoms with Crippen molar-refractivity contribution in [3.05, 3.63) is 65.7 Å². The molecule has 1 aliphatic rings. The molecule has 0 aliphatic carbocycles. The number of carbonyl (C=O) groups excluding carboxylic acids is 2. The van der Waals surface area contributed by atoms with Crippen LogP contribution in [0.15, 0.2) is 48.8 Å². The molecule has 1 unspecified atom stereocenters. The highest BCUT2D eigenvalue weighted by molar-refractivity contribution is 5.86. The molecule has 3 rings (SSSR count). The molecule has 0 saturated carbocycles. The summed E-state index contributed by atoms with van der Waals surface area (Å²) in [5.74, 6) is -0.753. The Morgan fingerprint density at radius 1 is 1.15 bits per heavy atom. The molecule has 0 radical (unpaired) electrons. The first-order chi connectivity index (χ1) is 13.1. The van der Waals surface area contributed by atoms with Crippen molar-refractivity contribution >= 4 is 11.8 Å². The Hall–Kier alpha value is -2.76. The van der Waals surface area contributed by atoms with E-state index in [1.807, 2.05) is 17.0 Å². The predicted octanol–water partition coefficient (Wildman–Crippen LogP) is 3.02. The Kier molecular flexibility index (Phi) is 6.52. The van der Waals surface area contributed by atoms with Crippen LogP contribution in [0.4, 0.5) is 4.39 Å². The number of hydrogen-bond donors (Lipinski definition) is 1. The van der Waals surface area contributed by atoms with Gasteiger partial charge >= 0.3 is 0 Å². The summed E-state index contributed by atoms with van der Waals surface area (Å²) in [4.78, 5) is 30.8. The van der Waals surface area contributed by atoms with E-state index in [1.165, 1.54) is 12.1 Å². The standard InChI is InChI=1S/C21H24FN3O2/c22-18-6-4-5-16(13-18)14-20(26)24-15-21(27)25-12-3-1-2-7-19(25)17-8-10-23-11-9-17/h4-6,8-11,13,19H,1-3,7,12,14-15H2,(H,24,26). The average Bonchev–Trinajstić information content (AvgIpc) is 2.93. The van der Waals surface area contributed by atoms with Crippen LogP contribution in [0.3, 0.4) is 0 Å². The number of nitrogens with zero attached hydrogens (tertiary/aromatic N) is 2. The normalized spacial score (nSPS) is 17.2. The number of halogens is 1. The van der Waals surface area contributed by atoms with E-state index in [9.17, 15) is 14.0 Å². The minimum absolute atomic E-state index is 0.0168. The SMILES string of the molecule is O=C(Cc1cccc(F)c1)NCC(=O)N1CCCCCC1c1ccncc1. The Morgan fingerprint density at radius 3 is 2.74 bits per heavy atom. The number of aromatic nitrogens is 1. The molecule has 1 N–H and O–H groups in total. The lowest BCUT2D eigenvalue weighted by atomic mass is 10.0. The first-order valence-corrected chi connectivity index (χ1v) is 9.34. The lowest BCUT2D eigenvalue weighted by molar-refractivity contribution is -0.134. The molecule has 1 fully saturated rings. The van der Waals surface area contributed by atoms with Crippen molar-refractivity contribution in [2.45, 2.75) is 38.1 Å². The van der Waals surface area contributed by atoms with Gasteiger partial charge in [-0.05, 0) is 48.2 Å². The van der Waals surface area contributed by atoms with Crippen molar-refractivity contribution < 1.29 is 14.0 Å². The third-order valence-corrected chi connectivity index (χ3v) is 4.85. The van der Waals surface area contributed by atoms with Gasteiger partial charge in [-0.1, -0.05) is 25.0 Å². The van der Waals surface area contributed by atoms with Crippen molar-refractivity contribution in [1.29, 1.82) is 0 Å². The average molecular weight is 369 g/mol. The molecule has 27 heavy (non-hydrogen) atoms. The molecule has 142 valence electrons. The molecule has 1 aromatic carbocycles. The van der Waals surface area contributed by atoms with Crippen LogP contribution in [0, 0.1) is 5.82 Å². The minimum Gasteiger partial charge on any atom is -0.347 e. The maximum atomic E-state index is 13.2. The van der Waals surface area contributed by atoms with Gasteiger partial charge in [0.05, 0.1) is 19.0 Å². The van der Waals surface area contributed by atoms with Crippen LogP contribution < -0.4 is 5.32 Å².